The molecule has 0 amide bonds. The van der Waals surface area contributed by atoms with Gasteiger partial charge in [0.15, 0.2) is 5.65 Å². The number of hydrogen-bond donors (Lipinski definition) is 1. The number of nitrogens with one attached hydrogen (secondary N) is 1. The molecule has 1 saturated heterocycles. The van der Waals surface area contributed by atoms with E-state index in [1.807, 2.05) is 30.5 Å². The Morgan fingerprint density at radius 1 is 1.09 bits per heavy atom. The lowest BCUT2D eigenvalue weighted by Crippen LogP contribution is -2.39. The quantitative estimate of drug-likeness (QED) is 0.338. The van der Waals surface area contributed by atoms with Crippen molar-refractivity contribution in [3.63, 3.8) is 0 Å². The second-order valence-corrected chi connectivity index (χ2v) is 11.8. The van der Waals surface area contributed by atoms with E-state index in [1.165, 1.54) is 0 Å². The second-order valence-electron chi connectivity index (χ2n) is 8.14. The maximum atomic E-state index is 13.4. The third kappa shape index (κ3) is 4.61. The summed E-state index contributed by atoms with van der Waals surface area (Å²) < 4.78 is 31.4. The van der Waals surface area contributed by atoms with Crippen LogP contribution in [0.3, 0.4) is 0 Å². The number of aromatic nitrogens is 4. The predicted molar refractivity (Wildman–Crippen MR) is 137 cm³/mol. The van der Waals surface area contributed by atoms with Gasteiger partial charge in [-0.25, -0.2) is 13.4 Å². The second kappa shape index (κ2) is 9.73. The summed E-state index contributed by atoms with van der Waals surface area (Å²) in [6.45, 7) is 1.45. The largest absolute Gasteiger partial charge is 0.366 e. The Bertz CT molecular complexity index is 1430. The van der Waals surface area contributed by atoms with Gasteiger partial charge < -0.3 is 5.32 Å². The van der Waals surface area contributed by atoms with E-state index >= 15 is 0 Å². The lowest BCUT2D eigenvalue weighted by molar-refractivity contribution is 0.312. The molecule has 4 heterocycles. The molecule has 176 valence electrons. The molecular formula is C23H22Br2N6O2S. The Hall–Kier alpha value is -2.34. The van der Waals surface area contributed by atoms with Gasteiger partial charge in [-0.3, -0.25) is 4.98 Å². The number of halogens is 2. The lowest BCUT2D eigenvalue weighted by atomic mass is 9.96. The highest BCUT2D eigenvalue weighted by molar-refractivity contribution is 9.11. The van der Waals surface area contributed by atoms with E-state index in [2.05, 4.69) is 47.3 Å². The van der Waals surface area contributed by atoms with Crippen molar-refractivity contribution in [1.29, 1.82) is 0 Å². The number of benzene rings is 1. The van der Waals surface area contributed by atoms with Gasteiger partial charge in [0.2, 0.25) is 10.0 Å². The van der Waals surface area contributed by atoms with E-state index < -0.39 is 10.0 Å². The number of pyridine rings is 1. The van der Waals surface area contributed by atoms with Crippen molar-refractivity contribution < 1.29 is 8.42 Å². The minimum Gasteiger partial charge on any atom is -0.366 e. The van der Waals surface area contributed by atoms with E-state index in [0.717, 1.165) is 34.4 Å². The van der Waals surface area contributed by atoms with Crippen molar-refractivity contribution in [2.75, 3.05) is 18.4 Å². The minimum atomic E-state index is -3.62. The Morgan fingerprint density at radius 3 is 2.74 bits per heavy atom. The molecule has 34 heavy (non-hydrogen) atoms. The fraction of sp³-hybridized carbons (Fsp3) is 0.261. The van der Waals surface area contributed by atoms with E-state index in [0.29, 0.717) is 29.8 Å². The van der Waals surface area contributed by atoms with Gasteiger partial charge in [0.05, 0.1) is 21.3 Å². The maximum absolute atomic E-state index is 13.4. The SMILES string of the molecule is O=S(=O)(c1ccccc1Br)N1CCCC(c2cc(NCc3cccnc3)n3ncc(Br)c3n2)C1. The van der Waals surface area contributed by atoms with Gasteiger partial charge in [-0.15, -0.1) is 0 Å². The van der Waals surface area contributed by atoms with E-state index in [1.54, 1.807) is 39.4 Å². The van der Waals surface area contributed by atoms with Gasteiger partial charge >= 0.3 is 0 Å². The first-order valence-electron chi connectivity index (χ1n) is 10.8. The fourth-order valence-electron chi connectivity index (χ4n) is 4.18. The Morgan fingerprint density at radius 2 is 1.94 bits per heavy atom. The number of piperidine rings is 1. The topological polar surface area (TPSA) is 92.5 Å². The third-order valence-electron chi connectivity index (χ3n) is 5.90. The maximum Gasteiger partial charge on any atom is 0.244 e. The minimum absolute atomic E-state index is 0.0308. The van der Waals surface area contributed by atoms with Crippen molar-refractivity contribution in [3.8, 4) is 0 Å². The Labute approximate surface area is 214 Å². The molecular weight excluding hydrogens is 584 g/mol. The first kappa shape index (κ1) is 23.4. The van der Waals surface area contributed by atoms with Crippen molar-refractivity contribution in [3.05, 3.63) is 81.3 Å². The van der Waals surface area contributed by atoms with Gasteiger partial charge in [-0.1, -0.05) is 18.2 Å². The smallest absolute Gasteiger partial charge is 0.244 e. The molecule has 0 saturated carbocycles. The molecule has 0 aliphatic carbocycles. The molecule has 3 aromatic heterocycles. The van der Waals surface area contributed by atoms with Gasteiger partial charge in [-0.05, 0) is 68.5 Å². The Kier molecular flexibility index (Phi) is 6.70. The van der Waals surface area contributed by atoms with E-state index in [4.69, 9.17) is 4.98 Å². The summed E-state index contributed by atoms with van der Waals surface area (Å²) in [5.41, 5.74) is 2.58. The molecule has 0 radical (unpaired) electrons. The summed E-state index contributed by atoms with van der Waals surface area (Å²) in [6, 6.07) is 12.8. The van der Waals surface area contributed by atoms with Gasteiger partial charge in [0, 0.05) is 48.5 Å². The molecule has 1 aliphatic heterocycles. The summed E-state index contributed by atoms with van der Waals surface area (Å²) in [4.78, 5) is 9.31. The third-order valence-corrected chi connectivity index (χ3v) is 9.34. The van der Waals surface area contributed by atoms with Crippen LogP contribution >= 0.6 is 31.9 Å². The van der Waals surface area contributed by atoms with Crippen LogP contribution in [0.5, 0.6) is 0 Å². The van der Waals surface area contributed by atoms with Crippen molar-refractivity contribution in [2.24, 2.45) is 0 Å². The summed E-state index contributed by atoms with van der Waals surface area (Å²) in [6.07, 6.45) is 6.90. The molecule has 1 atom stereocenters. The predicted octanol–water partition coefficient (Wildman–Crippen LogP) is 4.83. The van der Waals surface area contributed by atoms with Crippen molar-refractivity contribution in [1.82, 2.24) is 23.9 Å². The molecule has 5 rings (SSSR count). The van der Waals surface area contributed by atoms with Crippen molar-refractivity contribution in [2.45, 2.75) is 30.2 Å². The summed E-state index contributed by atoms with van der Waals surface area (Å²) >= 11 is 6.93. The number of anilines is 1. The van der Waals surface area contributed by atoms with Crippen LogP contribution in [0.1, 0.15) is 30.0 Å². The van der Waals surface area contributed by atoms with E-state index in [-0.39, 0.29) is 10.8 Å². The summed E-state index contributed by atoms with van der Waals surface area (Å²) in [7, 11) is -3.62. The van der Waals surface area contributed by atoms with Crippen LogP contribution < -0.4 is 5.32 Å². The van der Waals surface area contributed by atoms with Crippen LogP contribution in [0.25, 0.3) is 5.65 Å². The number of nitrogens with zero attached hydrogens (tertiary/aromatic N) is 5. The van der Waals surface area contributed by atoms with Crippen LogP contribution in [0.15, 0.2) is 74.9 Å². The molecule has 11 heteroatoms. The number of rotatable bonds is 6. The molecule has 1 unspecified atom stereocenters. The molecule has 1 aliphatic rings. The molecule has 8 nitrogen and oxygen atoms in total. The number of hydrogen-bond acceptors (Lipinski definition) is 6. The first-order chi connectivity index (χ1) is 16.4. The zero-order chi connectivity index (χ0) is 23.7. The monoisotopic (exact) mass is 604 g/mol. The fourth-order valence-corrected chi connectivity index (χ4v) is 7.02. The van der Waals surface area contributed by atoms with E-state index in [9.17, 15) is 8.42 Å². The highest BCUT2D eigenvalue weighted by Crippen LogP contribution is 2.33. The summed E-state index contributed by atoms with van der Waals surface area (Å²) in [5, 5.41) is 7.87. The summed E-state index contributed by atoms with van der Waals surface area (Å²) in [5.74, 6) is 0.761. The number of sulfonamides is 1. The molecule has 1 fully saturated rings. The van der Waals surface area contributed by atoms with Crippen LogP contribution in [0.4, 0.5) is 5.82 Å². The highest BCUT2D eigenvalue weighted by atomic mass is 79.9. The average molecular weight is 606 g/mol. The van der Waals surface area contributed by atoms with Gasteiger partial charge in [0.25, 0.3) is 0 Å². The lowest BCUT2D eigenvalue weighted by Gasteiger charge is -2.32. The van der Waals surface area contributed by atoms with Gasteiger partial charge in [0.1, 0.15) is 5.82 Å². The highest BCUT2D eigenvalue weighted by Gasteiger charge is 2.33. The molecule has 4 aromatic rings. The molecule has 0 spiro atoms. The van der Waals surface area contributed by atoms with Gasteiger partial charge in [-0.2, -0.15) is 13.9 Å². The Balaban J connectivity index is 1.45. The zero-order valence-electron chi connectivity index (χ0n) is 18.1. The first-order valence-corrected chi connectivity index (χ1v) is 13.9. The van der Waals surface area contributed by atoms with Crippen LogP contribution in [-0.2, 0) is 16.6 Å². The normalized spacial score (nSPS) is 17.2. The average Bonchev–Trinajstić information content (AvgIpc) is 3.24. The molecule has 0 bridgehead atoms. The zero-order valence-corrected chi connectivity index (χ0v) is 22.1. The standard InChI is InChI=1S/C23H22Br2N6O2S/c24-18-7-1-2-8-21(18)34(32,33)30-10-4-6-17(15-30)20-11-22(27-13-16-5-3-9-26-12-16)31-23(29-20)19(25)14-28-31/h1-3,5,7-9,11-12,14,17,27H,4,6,10,13,15H2. The number of fused-ring (bicyclic) bond motifs is 1. The molecule has 1 N–H and O–H groups in total. The van der Waals surface area contributed by atoms with Crippen LogP contribution in [0.2, 0.25) is 0 Å². The van der Waals surface area contributed by atoms with Crippen molar-refractivity contribution >= 4 is 53.3 Å². The van der Waals surface area contributed by atoms with Crippen LogP contribution in [-0.4, -0.2) is 45.4 Å². The van der Waals surface area contributed by atoms with Crippen LogP contribution in [0, 0.1) is 0 Å². The molecule has 1 aromatic carbocycles.